The van der Waals surface area contributed by atoms with Crippen molar-refractivity contribution < 1.29 is 4.74 Å². The summed E-state index contributed by atoms with van der Waals surface area (Å²) in [6.07, 6.45) is 11.4. The molecule has 0 aliphatic carbocycles. The molecular weight excluding hydrogens is 514 g/mol. The number of likely N-dealkylation sites (tertiary alicyclic amines) is 1. The van der Waals surface area contributed by atoms with Crippen LogP contribution in [0, 0.1) is 6.92 Å². The van der Waals surface area contributed by atoms with Crippen LogP contribution in [0.5, 0.6) is 11.5 Å². The number of fused-ring (bicyclic) bond motifs is 2. The molecule has 0 saturated carbocycles. The first kappa shape index (κ1) is 26.8. The third-order valence-electron chi connectivity index (χ3n) is 7.86. The van der Waals surface area contributed by atoms with Crippen molar-refractivity contribution in [3.8, 4) is 11.5 Å². The van der Waals surface area contributed by atoms with Gasteiger partial charge in [-0.1, -0.05) is 6.58 Å². The van der Waals surface area contributed by atoms with E-state index in [-0.39, 0.29) is 0 Å². The second-order valence-corrected chi connectivity index (χ2v) is 11.0. The van der Waals surface area contributed by atoms with Gasteiger partial charge in [0.25, 0.3) is 0 Å². The number of pyridine rings is 1. The van der Waals surface area contributed by atoms with Crippen molar-refractivity contribution in [2.45, 2.75) is 38.5 Å². The Bertz CT molecular complexity index is 1660. The highest BCUT2D eigenvalue weighted by Gasteiger charge is 2.25. The number of nitrogens with one attached hydrogen (secondary N) is 1. The molecule has 0 atom stereocenters. The first-order valence-electron chi connectivity index (χ1n) is 14.2. The van der Waals surface area contributed by atoms with Gasteiger partial charge in [-0.05, 0) is 101 Å². The Balaban J connectivity index is 1.15. The van der Waals surface area contributed by atoms with Gasteiger partial charge in [0.05, 0.1) is 0 Å². The minimum atomic E-state index is 0.456. The predicted octanol–water partition coefficient (Wildman–Crippen LogP) is 5.65. The van der Waals surface area contributed by atoms with Crippen LogP contribution in [0.25, 0.3) is 11.2 Å². The summed E-state index contributed by atoms with van der Waals surface area (Å²) in [7, 11) is 4.24. The third-order valence-corrected chi connectivity index (χ3v) is 7.86. The van der Waals surface area contributed by atoms with Gasteiger partial charge in [-0.2, -0.15) is 10.2 Å². The zero-order chi connectivity index (χ0) is 28.3. The van der Waals surface area contributed by atoms with Crippen LogP contribution in [0.4, 0.5) is 11.5 Å². The van der Waals surface area contributed by atoms with E-state index in [1.165, 1.54) is 17.6 Å². The summed E-state index contributed by atoms with van der Waals surface area (Å²) in [5.74, 6) is 2.76. The fourth-order valence-electron chi connectivity index (χ4n) is 5.63. The number of ether oxygens (including phenoxy) is 1. The van der Waals surface area contributed by atoms with Gasteiger partial charge >= 0.3 is 0 Å². The van der Waals surface area contributed by atoms with Crippen molar-refractivity contribution >= 4 is 22.7 Å². The average Bonchev–Trinajstić information content (AvgIpc) is 3.62. The SMILES string of the molecule is C=C(CCCN(C)C)N1CCC(c2ccn3ncnc(Nc4ccc(Oc5ccn6ncnc6c5)c(C)c4)c23)CC1. The topological polar surface area (TPSA) is 88.1 Å². The summed E-state index contributed by atoms with van der Waals surface area (Å²) < 4.78 is 9.79. The molecule has 6 rings (SSSR count). The van der Waals surface area contributed by atoms with Crippen molar-refractivity contribution in [2.24, 2.45) is 0 Å². The molecule has 10 nitrogen and oxygen atoms in total. The second-order valence-electron chi connectivity index (χ2n) is 11.0. The van der Waals surface area contributed by atoms with Crippen LogP contribution in [0.1, 0.15) is 42.7 Å². The molecule has 1 aliphatic heterocycles. The molecule has 0 unspecified atom stereocenters. The molecule has 0 spiro atoms. The number of hydrogen-bond donors (Lipinski definition) is 1. The van der Waals surface area contributed by atoms with E-state index in [0.717, 1.165) is 79.3 Å². The second kappa shape index (κ2) is 11.6. The first-order chi connectivity index (χ1) is 19.9. The van der Waals surface area contributed by atoms with Gasteiger partial charge in [0.15, 0.2) is 11.5 Å². The molecule has 0 radical (unpaired) electrons. The Hall–Kier alpha value is -4.44. The van der Waals surface area contributed by atoms with Crippen LogP contribution >= 0.6 is 0 Å². The highest BCUT2D eigenvalue weighted by atomic mass is 16.5. The summed E-state index contributed by atoms with van der Waals surface area (Å²) in [5.41, 5.74) is 6.29. The highest BCUT2D eigenvalue weighted by Crippen LogP contribution is 2.36. The minimum absolute atomic E-state index is 0.456. The van der Waals surface area contributed by atoms with Gasteiger partial charge in [-0.3, -0.25) is 0 Å². The number of anilines is 2. The molecule has 4 aromatic heterocycles. The molecule has 0 amide bonds. The van der Waals surface area contributed by atoms with Gasteiger partial charge < -0.3 is 19.9 Å². The average molecular weight is 552 g/mol. The number of benzene rings is 1. The molecule has 1 fully saturated rings. The number of aromatic nitrogens is 6. The van der Waals surface area contributed by atoms with E-state index >= 15 is 0 Å². The van der Waals surface area contributed by atoms with E-state index < -0.39 is 0 Å². The maximum absolute atomic E-state index is 6.15. The lowest BCUT2D eigenvalue weighted by molar-refractivity contribution is 0.254. The molecule has 1 aliphatic rings. The maximum atomic E-state index is 6.15. The summed E-state index contributed by atoms with van der Waals surface area (Å²) in [4.78, 5) is 13.6. The lowest BCUT2D eigenvalue weighted by Crippen LogP contribution is -2.32. The summed E-state index contributed by atoms with van der Waals surface area (Å²) in [5, 5.41) is 12.2. The number of hydrogen-bond acceptors (Lipinski definition) is 8. The number of aryl methyl sites for hydroxylation is 1. The lowest BCUT2D eigenvalue weighted by atomic mass is 9.89. The van der Waals surface area contributed by atoms with Crippen molar-refractivity contribution in [3.63, 3.8) is 0 Å². The maximum Gasteiger partial charge on any atom is 0.158 e. The Morgan fingerprint density at radius 3 is 2.61 bits per heavy atom. The van der Waals surface area contributed by atoms with E-state index in [1.54, 1.807) is 10.8 Å². The fourth-order valence-corrected chi connectivity index (χ4v) is 5.63. The van der Waals surface area contributed by atoms with Crippen LogP contribution in [0.2, 0.25) is 0 Å². The summed E-state index contributed by atoms with van der Waals surface area (Å²) >= 11 is 0. The minimum Gasteiger partial charge on any atom is -0.457 e. The molecule has 41 heavy (non-hydrogen) atoms. The lowest BCUT2D eigenvalue weighted by Gasteiger charge is -2.35. The zero-order valence-electron chi connectivity index (χ0n) is 24.0. The van der Waals surface area contributed by atoms with Crippen LogP contribution in [-0.4, -0.2) is 72.7 Å². The van der Waals surface area contributed by atoms with E-state index in [2.05, 4.69) is 68.1 Å². The molecule has 5 heterocycles. The van der Waals surface area contributed by atoms with Gasteiger partial charge in [0, 0.05) is 42.9 Å². The number of nitrogens with zero attached hydrogens (tertiary/aromatic N) is 8. The predicted molar refractivity (Wildman–Crippen MR) is 161 cm³/mol. The molecule has 1 aromatic carbocycles. The van der Waals surface area contributed by atoms with Crippen molar-refractivity contribution in [2.75, 3.05) is 39.0 Å². The van der Waals surface area contributed by atoms with E-state index in [9.17, 15) is 0 Å². The Morgan fingerprint density at radius 1 is 1.02 bits per heavy atom. The van der Waals surface area contributed by atoms with Crippen LogP contribution < -0.4 is 10.1 Å². The number of rotatable bonds is 10. The zero-order valence-corrected chi connectivity index (χ0v) is 24.0. The third kappa shape index (κ3) is 5.88. The van der Waals surface area contributed by atoms with Crippen LogP contribution in [0.3, 0.4) is 0 Å². The van der Waals surface area contributed by atoms with Gasteiger partial charge in [0.1, 0.15) is 29.7 Å². The Kier molecular flexibility index (Phi) is 7.56. The number of piperidine rings is 1. The quantitative estimate of drug-likeness (QED) is 0.238. The summed E-state index contributed by atoms with van der Waals surface area (Å²) in [6.45, 7) is 9.57. The monoisotopic (exact) mass is 551 g/mol. The molecule has 212 valence electrons. The van der Waals surface area contributed by atoms with Crippen LogP contribution in [0.15, 0.2) is 73.7 Å². The molecule has 1 saturated heterocycles. The Morgan fingerprint density at radius 2 is 1.80 bits per heavy atom. The van der Waals surface area contributed by atoms with Crippen molar-refractivity contribution in [1.82, 2.24) is 39.0 Å². The largest absolute Gasteiger partial charge is 0.457 e. The van der Waals surface area contributed by atoms with Crippen LogP contribution in [-0.2, 0) is 0 Å². The summed E-state index contributed by atoms with van der Waals surface area (Å²) in [6, 6.07) is 12.0. The highest BCUT2D eigenvalue weighted by molar-refractivity contribution is 5.77. The molecular formula is C31H37N9O. The Labute approximate surface area is 240 Å². The number of allylic oxidation sites excluding steroid dienone is 1. The molecule has 5 aromatic rings. The van der Waals surface area contributed by atoms with Crippen molar-refractivity contribution in [1.29, 1.82) is 0 Å². The van der Waals surface area contributed by atoms with Gasteiger partial charge in [-0.15, -0.1) is 0 Å². The van der Waals surface area contributed by atoms with Gasteiger partial charge in [-0.25, -0.2) is 19.0 Å². The normalized spacial score (nSPS) is 14.3. The molecule has 0 bridgehead atoms. The smallest absolute Gasteiger partial charge is 0.158 e. The van der Waals surface area contributed by atoms with Crippen molar-refractivity contribution in [3.05, 3.63) is 84.8 Å². The molecule has 1 N–H and O–H groups in total. The van der Waals surface area contributed by atoms with Gasteiger partial charge in [0.2, 0.25) is 0 Å². The van der Waals surface area contributed by atoms with E-state index in [4.69, 9.17) is 4.74 Å². The van der Waals surface area contributed by atoms with E-state index in [0.29, 0.717) is 11.7 Å². The first-order valence-corrected chi connectivity index (χ1v) is 14.2. The standard InChI is InChI=1S/C31H37N9O/c1-22-18-25(7-8-28(22)41-26-11-16-39-29(19-26)32-20-34-39)36-31-30-27(12-17-40(30)35-21-33-31)24-9-14-38(15-10-24)23(2)6-5-13-37(3)4/h7-8,11-12,16-21,24H,2,5-6,9-10,13-15H2,1,3-4H3,(H,33,35,36). The van der Waals surface area contributed by atoms with E-state index in [1.807, 2.05) is 48.1 Å². The molecule has 10 heteroatoms. The fraction of sp³-hybridized carbons (Fsp3) is 0.355.